The topological polar surface area (TPSA) is 92.5 Å². The molecule has 0 spiro atoms. The summed E-state index contributed by atoms with van der Waals surface area (Å²) in [6.07, 6.45) is 2.22. The molecular formula is C19H21Cl2N3O3S. The molecule has 1 aliphatic rings. The van der Waals surface area contributed by atoms with Crippen molar-refractivity contribution < 1.29 is 13.2 Å². The van der Waals surface area contributed by atoms with E-state index in [1.807, 2.05) is 24.1 Å². The number of primary sulfonamides is 1. The number of nitrogens with zero attached hydrogens (tertiary/aromatic N) is 1. The van der Waals surface area contributed by atoms with Crippen molar-refractivity contribution in [2.24, 2.45) is 5.14 Å². The van der Waals surface area contributed by atoms with Crippen LogP contribution < -0.4 is 15.6 Å². The minimum absolute atomic E-state index is 0.0887. The van der Waals surface area contributed by atoms with E-state index in [2.05, 4.69) is 5.43 Å². The van der Waals surface area contributed by atoms with Gasteiger partial charge in [-0.05, 0) is 67.6 Å². The Balaban J connectivity index is 1.58. The Morgan fingerprint density at radius 2 is 2.00 bits per heavy atom. The van der Waals surface area contributed by atoms with Gasteiger partial charge in [0.1, 0.15) is 4.90 Å². The number of hydrazine groups is 1. The second-order valence-electron chi connectivity index (χ2n) is 6.89. The Morgan fingerprint density at radius 1 is 1.25 bits per heavy atom. The summed E-state index contributed by atoms with van der Waals surface area (Å²) in [5.41, 5.74) is 5.78. The molecule has 150 valence electrons. The third-order valence-corrected chi connectivity index (χ3v) is 6.30. The zero-order chi connectivity index (χ0) is 20.5. The van der Waals surface area contributed by atoms with Gasteiger partial charge in [-0.3, -0.25) is 15.2 Å². The van der Waals surface area contributed by atoms with Gasteiger partial charge in [0.15, 0.2) is 0 Å². The summed E-state index contributed by atoms with van der Waals surface area (Å²) in [6.45, 7) is 2.04. The smallest absolute Gasteiger partial charge is 0.239 e. The first-order chi connectivity index (χ1) is 13.1. The molecule has 1 unspecified atom stereocenters. The number of nitrogens with one attached hydrogen (secondary N) is 1. The number of halogens is 2. The van der Waals surface area contributed by atoms with Gasteiger partial charge >= 0.3 is 0 Å². The van der Waals surface area contributed by atoms with Crippen LogP contribution in [0.4, 0.5) is 5.69 Å². The average Bonchev–Trinajstić information content (AvgIpc) is 2.90. The Kier molecular flexibility index (Phi) is 6.19. The molecule has 0 aliphatic carbocycles. The third-order valence-electron chi connectivity index (χ3n) is 4.67. The van der Waals surface area contributed by atoms with E-state index in [0.717, 1.165) is 23.2 Å². The SMILES string of the molecule is CC1Cc2cc(Cl)ccc2N1NC(=O)CCCc1ccc(Cl)c(S(N)(=O)=O)c1. The molecule has 1 amide bonds. The zero-order valence-corrected chi connectivity index (χ0v) is 17.6. The number of benzene rings is 2. The van der Waals surface area contributed by atoms with Gasteiger partial charge in [-0.25, -0.2) is 13.6 Å². The highest BCUT2D eigenvalue weighted by Gasteiger charge is 2.27. The Labute approximate surface area is 174 Å². The number of aryl methyl sites for hydroxylation is 1. The molecule has 0 saturated carbocycles. The van der Waals surface area contributed by atoms with Crippen LogP contribution in [0.25, 0.3) is 0 Å². The van der Waals surface area contributed by atoms with Crippen molar-refractivity contribution in [1.29, 1.82) is 0 Å². The van der Waals surface area contributed by atoms with Crippen LogP contribution in [0.15, 0.2) is 41.3 Å². The lowest BCUT2D eigenvalue weighted by Gasteiger charge is -2.25. The minimum Gasteiger partial charge on any atom is -0.282 e. The van der Waals surface area contributed by atoms with Gasteiger partial charge in [0.05, 0.1) is 16.8 Å². The van der Waals surface area contributed by atoms with Crippen molar-refractivity contribution in [2.75, 3.05) is 5.01 Å². The van der Waals surface area contributed by atoms with Crippen molar-refractivity contribution in [2.45, 2.75) is 43.5 Å². The summed E-state index contributed by atoms with van der Waals surface area (Å²) in [5, 5.41) is 7.81. The highest BCUT2D eigenvalue weighted by atomic mass is 35.5. The minimum atomic E-state index is -3.88. The molecule has 2 aromatic carbocycles. The summed E-state index contributed by atoms with van der Waals surface area (Å²) in [5.74, 6) is -0.102. The molecule has 28 heavy (non-hydrogen) atoms. The molecule has 3 rings (SSSR count). The maximum Gasteiger partial charge on any atom is 0.239 e. The zero-order valence-electron chi connectivity index (χ0n) is 15.3. The number of hydrogen-bond acceptors (Lipinski definition) is 4. The molecule has 0 bridgehead atoms. The van der Waals surface area contributed by atoms with Crippen molar-refractivity contribution >= 4 is 44.8 Å². The fourth-order valence-electron chi connectivity index (χ4n) is 3.33. The molecule has 6 nitrogen and oxygen atoms in total. The molecule has 3 N–H and O–H groups in total. The summed E-state index contributed by atoms with van der Waals surface area (Å²) >= 11 is 11.9. The van der Waals surface area contributed by atoms with E-state index >= 15 is 0 Å². The number of rotatable bonds is 6. The summed E-state index contributed by atoms with van der Waals surface area (Å²) in [4.78, 5) is 12.3. The van der Waals surface area contributed by atoms with Crippen LogP contribution in [0.3, 0.4) is 0 Å². The molecule has 0 radical (unpaired) electrons. The second kappa shape index (κ2) is 8.29. The van der Waals surface area contributed by atoms with Crippen molar-refractivity contribution in [3.63, 3.8) is 0 Å². The number of carbonyl (C=O) groups is 1. The number of fused-ring (bicyclic) bond motifs is 1. The fourth-order valence-corrected chi connectivity index (χ4v) is 4.62. The van der Waals surface area contributed by atoms with Gasteiger partial charge in [0.25, 0.3) is 0 Å². The Hall–Kier alpha value is -1.80. The van der Waals surface area contributed by atoms with Gasteiger partial charge in [-0.2, -0.15) is 0 Å². The van der Waals surface area contributed by atoms with Crippen LogP contribution in [-0.2, 0) is 27.7 Å². The molecular weight excluding hydrogens is 421 g/mol. The van der Waals surface area contributed by atoms with Gasteiger partial charge in [-0.15, -0.1) is 0 Å². The summed E-state index contributed by atoms with van der Waals surface area (Å²) in [7, 11) is -3.88. The number of amides is 1. The summed E-state index contributed by atoms with van der Waals surface area (Å²) < 4.78 is 23.1. The normalized spacial score (nSPS) is 16.1. The van der Waals surface area contributed by atoms with E-state index in [4.69, 9.17) is 28.3 Å². The molecule has 0 aromatic heterocycles. The second-order valence-corrected chi connectivity index (χ2v) is 9.27. The van der Waals surface area contributed by atoms with Crippen molar-refractivity contribution in [3.05, 3.63) is 57.6 Å². The van der Waals surface area contributed by atoms with Crippen LogP contribution in [0.1, 0.15) is 30.9 Å². The van der Waals surface area contributed by atoms with Gasteiger partial charge in [-0.1, -0.05) is 29.3 Å². The third kappa shape index (κ3) is 4.78. The monoisotopic (exact) mass is 441 g/mol. The Morgan fingerprint density at radius 3 is 2.71 bits per heavy atom. The van der Waals surface area contributed by atoms with Crippen LogP contribution in [0.2, 0.25) is 10.0 Å². The van der Waals surface area contributed by atoms with Crippen LogP contribution in [-0.4, -0.2) is 20.4 Å². The molecule has 1 heterocycles. The van der Waals surface area contributed by atoms with E-state index in [9.17, 15) is 13.2 Å². The first kappa shape index (κ1) is 20.9. The van der Waals surface area contributed by atoms with Crippen LogP contribution in [0.5, 0.6) is 0 Å². The number of carbonyl (C=O) groups excluding carboxylic acids is 1. The lowest BCUT2D eigenvalue weighted by atomic mass is 10.1. The van der Waals surface area contributed by atoms with Crippen molar-refractivity contribution in [1.82, 2.24) is 5.43 Å². The molecule has 1 aliphatic heterocycles. The summed E-state index contributed by atoms with van der Waals surface area (Å²) in [6, 6.07) is 10.5. The first-order valence-corrected chi connectivity index (χ1v) is 11.1. The number of nitrogens with two attached hydrogens (primary N) is 1. The van der Waals surface area contributed by atoms with Crippen molar-refractivity contribution in [3.8, 4) is 0 Å². The highest BCUT2D eigenvalue weighted by Crippen LogP contribution is 2.32. The lowest BCUT2D eigenvalue weighted by Crippen LogP contribution is -2.45. The van der Waals surface area contributed by atoms with Crippen LogP contribution >= 0.6 is 23.2 Å². The number of hydrogen-bond donors (Lipinski definition) is 2. The molecule has 9 heteroatoms. The lowest BCUT2D eigenvalue weighted by molar-refractivity contribution is -0.121. The first-order valence-electron chi connectivity index (χ1n) is 8.83. The molecule has 1 atom stereocenters. The maximum absolute atomic E-state index is 12.4. The fraction of sp³-hybridized carbons (Fsp3) is 0.316. The van der Waals surface area contributed by atoms with Crippen LogP contribution in [0, 0.1) is 0 Å². The standard InChI is InChI=1S/C19H21Cl2N3O3S/c1-12-9-14-11-15(20)6-8-17(14)24(12)23-19(25)4-2-3-13-5-7-16(21)18(10-13)28(22,26)27/h5-8,10-12H,2-4,9H2,1H3,(H,23,25)(H2,22,26,27). The van der Waals surface area contributed by atoms with Gasteiger partial charge < -0.3 is 0 Å². The predicted octanol–water partition coefficient (Wildman–Crippen LogP) is 3.45. The molecule has 0 saturated heterocycles. The van der Waals surface area contributed by atoms with E-state index in [1.54, 1.807) is 12.1 Å². The average molecular weight is 442 g/mol. The van der Waals surface area contributed by atoms with E-state index < -0.39 is 10.0 Å². The largest absolute Gasteiger partial charge is 0.282 e. The number of sulfonamides is 1. The molecule has 2 aromatic rings. The quantitative estimate of drug-likeness (QED) is 0.717. The van der Waals surface area contributed by atoms with E-state index in [1.165, 1.54) is 12.1 Å². The number of anilines is 1. The Bertz CT molecular complexity index is 1010. The van der Waals surface area contributed by atoms with Gasteiger partial charge in [0, 0.05) is 11.4 Å². The maximum atomic E-state index is 12.4. The predicted molar refractivity (Wildman–Crippen MR) is 111 cm³/mol. The van der Waals surface area contributed by atoms with Gasteiger partial charge in [0.2, 0.25) is 15.9 Å². The van der Waals surface area contributed by atoms with E-state index in [-0.39, 0.29) is 21.9 Å². The highest BCUT2D eigenvalue weighted by molar-refractivity contribution is 7.89. The van der Waals surface area contributed by atoms with E-state index in [0.29, 0.717) is 24.3 Å². The molecule has 0 fully saturated rings.